The summed E-state index contributed by atoms with van der Waals surface area (Å²) in [4.78, 5) is 14.7. The molecule has 3 aromatic rings. The lowest BCUT2D eigenvalue weighted by Crippen LogP contribution is -2.37. The zero-order valence-electron chi connectivity index (χ0n) is 13.3. The van der Waals surface area contributed by atoms with Crippen LogP contribution in [-0.4, -0.2) is 41.3 Å². The van der Waals surface area contributed by atoms with Crippen LogP contribution in [0.1, 0.15) is 11.3 Å². The zero-order chi connectivity index (χ0) is 16.4. The van der Waals surface area contributed by atoms with E-state index in [1.807, 2.05) is 12.3 Å². The van der Waals surface area contributed by atoms with Crippen LogP contribution in [0.3, 0.4) is 0 Å². The van der Waals surface area contributed by atoms with Crippen molar-refractivity contribution in [3.63, 3.8) is 0 Å². The molecule has 1 aliphatic rings. The number of halogens is 1. The molecule has 0 saturated carbocycles. The molecule has 2 aromatic heterocycles. The third kappa shape index (κ3) is 3.30. The molecule has 1 aromatic carbocycles. The Morgan fingerprint density at radius 3 is 2.92 bits per heavy atom. The van der Waals surface area contributed by atoms with Crippen LogP contribution in [0, 0.1) is 0 Å². The van der Waals surface area contributed by atoms with Crippen LogP contribution in [0.2, 0.25) is 0 Å². The number of fused-ring (bicyclic) bond motifs is 1. The van der Waals surface area contributed by atoms with E-state index in [-0.39, 0.29) is 0 Å². The minimum atomic E-state index is 0.748. The van der Waals surface area contributed by atoms with Gasteiger partial charge in [0.05, 0.1) is 13.2 Å². The highest BCUT2D eigenvalue weighted by molar-refractivity contribution is 9.10. The van der Waals surface area contributed by atoms with E-state index in [1.54, 1.807) is 0 Å². The predicted octanol–water partition coefficient (Wildman–Crippen LogP) is 3.34. The van der Waals surface area contributed by atoms with Gasteiger partial charge in [-0.15, -0.1) is 0 Å². The van der Waals surface area contributed by atoms with E-state index in [9.17, 15) is 0 Å². The lowest BCUT2D eigenvalue weighted by Gasteiger charge is -2.26. The summed E-state index contributed by atoms with van der Waals surface area (Å²) in [6.45, 7) is 3.22. The maximum Gasteiger partial charge on any atom is 0.225 e. The van der Waals surface area contributed by atoms with Gasteiger partial charge in [-0.3, -0.25) is 0 Å². The first-order valence-corrected chi connectivity index (χ1v) is 8.99. The number of aryl methyl sites for hydroxylation is 2. The van der Waals surface area contributed by atoms with Crippen molar-refractivity contribution >= 4 is 32.8 Å². The first kappa shape index (κ1) is 15.6. The van der Waals surface area contributed by atoms with Crippen molar-refractivity contribution in [1.82, 2.24) is 15.0 Å². The maximum atomic E-state index is 5.39. The highest BCUT2D eigenvalue weighted by atomic mass is 79.9. The number of ether oxygens (including phenoxy) is 1. The summed E-state index contributed by atoms with van der Waals surface area (Å²) in [7, 11) is 0. The molecule has 0 amide bonds. The van der Waals surface area contributed by atoms with Gasteiger partial charge >= 0.3 is 0 Å². The average Bonchev–Trinajstić information content (AvgIpc) is 3.03. The number of hydrogen-bond acceptors (Lipinski definition) is 4. The number of benzene rings is 1. The number of morpholine rings is 1. The minimum absolute atomic E-state index is 0.748. The fourth-order valence-corrected chi connectivity index (χ4v) is 3.42. The molecule has 1 fully saturated rings. The number of aromatic amines is 1. The Bertz CT molecular complexity index is 842. The van der Waals surface area contributed by atoms with Crippen molar-refractivity contribution in [3.8, 4) is 0 Å². The topological polar surface area (TPSA) is 54.0 Å². The Hall–Kier alpha value is -1.92. The first-order valence-electron chi connectivity index (χ1n) is 8.20. The number of anilines is 1. The van der Waals surface area contributed by atoms with Gasteiger partial charge in [-0.2, -0.15) is 0 Å². The van der Waals surface area contributed by atoms with Crippen molar-refractivity contribution in [1.29, 1.82) is 0 Å². The standard InChI is InChI=1S/C18H19BrN4O/c19-14-2-4-17-16(11-14)13(12-21-17)1-3-15-5-6-20-18(22-15)23-7-9-24-10-8-23/h2,4-6,11-12,21H,1,3,7-10H2. The number of nitrogens with zero attached hydrogens (tertiary/aromatic N) is 3. The smallest absolute Gasteiger partial charge is 0.225 e. The molecule has 4 rings (SSSR count). The van der Waals surface area contributed by atoms with Gasteiger partial charge in [0.25, 0.3) is 0 Å². The third-order valence-electron chi connectivity index (χ3n) is 4.37. The normalized spacial score (nSPS) is 15.1. The van der Waals surface area contributed by atoms with E-state index in [1.165, 1.54) is 16.5 Å². The molecule has 0 spiro atoms. The second-order valence-corrected chi connectivity index (χ2v) is 6.87. The lowest BCUT2D eigenvalue weighted by molar-refractivity contribution is 0.122. The van der Waals surface area contributed by atoms with Gasteiger partial charge in [0, 0.05) is 46.6 Å². The molecule has 0 atom stereocenters. The zero-order valence-corrected chi connectivity index (χ0v) is 14.9. The van der Waals surface area contributed by atoms with Crippen LogP contribution in [-0.2, 0) is 17.6 Å². The number of hydrogen-bond donors (Lipinski definition) is 1. The lowest BCUT2D eigenvalue weighted by atomic mass is 10.1. The van der Waals surface area contributed by atoms with Crippen LogP contribution in [0.4, 0.5) is 5.95 Å². The first-order chi connectivity index (χ1) is 11.8. The van der Waals surface area contributed by atoms with Gasteiger partial charge < -0.3 is 14.6 Å². The van der Waals surface area contributed by atoms with Crippen molar-refractivity contribution in [2.45, 2.75) is 12.8 Å². The molecule has 0 unspecified atom stereocenters. The highest BCUT2D eigenvalue weighted by Gasteiger charge is 2.14. The monoisotopic (exact) mass is 386 g/mol. The maximum absolute atomic E-state index is 5.39. The molecule has 5 nitrogen and oxygen atoms in total. The fraction of sp³-hybridized carbons (Fsp3) is 0.333. The third-order valence-corrected chi connectivity index (χ3v) is 4.87. The van der Waals surface area contributed by atoms with Gasteiger partial charge in [-0.25, -0.2) is 9.97 Å². The quantitative estimate of drug-likeness (QED) is 0.746. The van der Waals surface area contributed by atoms with Crippen LogP contribution < -0.4 is 4.90 Å². The van der Waals surface area contributed by atoms with E-state index in [4.69, 9.17) is 9.72 Å². The van der Waals surface area contributed by atoms with E-state index in [2.05, 4.69) is 55.2 Å². The van der Waals surface area contributed by atoms with Crippen molar-refractivity contribution in [3.05, 3.63) is 52.4 Å². The molecule has 1 N–H and O–H groups in total. The molecule has 24 heavy (non-hydrogen) atoms. The van der Waals surface area contributed by atoms with Crippen LogP contribution >= 0.6 is 15.9 Å². The SMILES string of the molecule is Brc1ccc2[nH]cc(CCc3ccnc(N4CCOCC4)n3)c2c1. The summed E-state index contributed by atoms with van der Waals surface area (Å²) < 4.78 is 6.50. The van der Waals surface area contributed by atoms with Crippen LogP contribution in [0.25, 0.3) is 10.9 Å². The molecule has 0 aliphatic carbocycles. The molecule has 1 aliphatic heterocycles. The second-order valence-electron chi connectivity index (χ2n) is 5.95. The summed E-state index contributed by atoms with van der Waals surface area (Å²) in [6.07, 6.45) is 5.81. The average molecular weight is 387 g/mol. The number of aromatic nitrogens is 3. The fourth-order valence-electron chi connectivity index (χ4n) is 3.06. The van der Waals surface area contributed by atoms with Crippen LogP contribution in [0.5, 0.6) is 0 Å². The van der Waals surface area contributed by atoms with Gasteiger partial charge in [-0.05, 0) is 42.7 Å². The summed E-state index contributed by atoms with van der Waals surface area (Å²) in [6, 6.07) is 8.33. The predicted molar refractivity (Wildman–Crippen MR) is 98.5 cm³/mol. The summed E-state index contributed by atoms with van der Waals surface area (Å²) >= 11 is 3.55. The molecular formula is C18H19BrN4O. The number of H-pyrrole nitrogens is 1. The molecule has 0 bridgehead atoms. The highest BCUT2D eigenvalue weighted by Crippen LogP contribution is 2.23. The largest absolute Gasteiger partial charge is 0.378 e. The Balaban J connectivity index is 1.49. The van der Waals surface area contributed by atoms with E-state index in [0.29, 0.717) is 0 Å². The summed E-state index contributed by atoms with van der Waals surface area (Å²) in [5, 5.41) is 1.27. The van der Waals surface area contributed by atoms with E-state index in [0.717, 1.165) is 55.3 Å². The Morgan fingerprint density at radius 1 is 1.17 bits per heavy atom. The van der Waals surface area contributed by atoms with Crippen molar-refractivity contribution in [2.24, 2.45) is 0 Å². The van der Waals surface area contributed by atoms with Gasteiger partial charge in [-0.1, -0.05) is 15.9 Å². The molecule has 0 radical (unpaired) electrons. The molecule has 124 valence electrons. The van der Waals surface area contributed by atoms with E-state index >= 15 is 0 Å². The second kappa shape index (κ2) is 6.91. The summed E-state index contributed by atoms with van der Waals surface area (Å²) in [5.74, 6) is 0.817. The molecular weight excluding hydrogens is 368 g/mol. The molecule has 1 saturated heterocycles. The van der Waals surface area contributed by atoms with Gasteiger partial charge in [0.2, 0.25) is 5.95 Å². The van der Waals surface area contributed by atoms with Gasteiger partial charge in [0.1, 0.15) is 0 Å². The van der Waals surface area contributed by atoms with E-state index < -0.39 is 0 Å². The molecule has 3 heterocycles. The molecule has 6 heteroatoms. The summed E-state index contributed by atoms with van der Waals surface area (Å²) in [5.41, 5.74) is 3.57. The van der Waals surface area contributed by atoms with Crippen LogP contribution in [0.15, 0.2) is 41.1 Å². The number of nitrogens with one attached hydrogen (secondary N) is 1. The van der Waals surface area contributed by atoms with Gasteiger partial charge in [0.15, 0.2) is 0 Å². The number of rotatable bonds is 4. The minimum Gasteiger partial charge on any atom is -0.378 e. The van der Waals surface area contributed by atoms with Crippen molar-refractivity contribution in [2.75, 3.05) is 31.2 Å². The Labute approximate surface area is 149 Å². The Kier molecular flexibility index (Phi) is 4.49. The van der Waals surface area contributed by atoms with Crippen molar-refractivity contribution < 1.29 is 4.74 Å². The Morgan fingerprint density at radius 2 is 2.04 bits per heavy atom.